The van der Waals surface area contributed by atoms with Crippen LogP contribution in [-0.4, -0.2) is 14.2 Å². The summed E-state index contributed by atoms with van der Waals surface area (Å²) in [5.74, 6) is 1.98. The van der Waals surface area contributed by atoms with E-state index in [1.54, 1.807) is 11.1 Å². The van der Waals surface area contributed by atoms with E-state index in [1.807, 2.05) is 14.2 Å². The number of rotatable bonds is 4. The van der Waals surface area contributed by atoms with Crippen molar-refractivity contribution in [3.8, 4) is 22.6 Å². The summed E-state index contributed by atoms with van der Waals surface area (Å²) in [6, 6.07) is 22.1. The molecule has 7 rings (SSSR count). The minimum atomic E-state index is 0.367. The van der Waals surface area contributed by atoms with Gasteiger partial charge in [-0.15, -0.1) is 0 Å². The molecule has 2 nitrogen and oxygen atoms in total. The van der Waals surface area contributed by atoms with Gasteiger partial charge in [0.05, 0.1) is 14.2 Å². The highest BCUT2D eigenvalue weighted by molar-refractivity contribution is 6.10. The summed E-state index contributed by atoms with van der Waals surface area (Å²) in [5, 5.41) is 5.02. The molecule has 0 bridgehead atoms. The van der Waals surface area contributed by atoms with E-state index in [1.165, 1.54) is 87.9 Å². The second-order valence-corrected chi connectivity index (χ2v) is 11.8. The summed E-state index contributed by atoms with van der Waals surface area (Å²) in [6.45, 7) is 2.41. The average molecular weight is 515 g/mol. The summed E-state index contributed by atoms with van der Waals surface area (Å²) in [6.07, 6.45) is 13.6. The van der Waals surface area contributed by atoms with Crippen molar-refractivity contribution < 1.29 is 9.47 Å². The number of fused-ring (bicyclic) bond motifs is 7. The Morgan fingerprint density at radius 1 is 0.692 bits per heavy atom. The van der Waals surface area contributed by atoms with Crippen LogP contribution in [0.2, 0.25) is 0 Å². The average Bonchev–Trinajstić information content (AvgIpc) is 3.38. The molecule has 3 aliphatic carbocycles. The lowest BCUT2D eigenvalue weighted by atomic mass is 9.66. The molecule has 4 aromatic carbocycles. The molecule has 0 atom stereocenters. The third-order valence-corrected chi connectivity index (χ3v) is 10.1. The van der Waals surface area contributed by atoms with Crippen LogP contribution in [0.25, 0.3) is 32.7 Å². The molecule has 1 saturated carbocycles. The fourth-order valence-electron chi connectivity index (χ4n) is 7.95. The Kier molecular flexibility index (Phi) is 6.03. The highest BCUT2D eigenvalue weighted by atomic mass is 16.5. The number of hydrogen-bond donors (Lipinski definition) is 0. The highest BCUT2D eigenvalue weighted by Gasteiger charge is 2.38. The van der Waals surface area contributed by atoms with Crippen molar-refractivity contribution in [1.29, 1.82) is 0 Å². The predicted octanol–water partition coefficient (Wildman–Crippen LogP) is 9.76. The second-order valence-electron chi connectivity index (χ2n) is 11.8. The van der Waals surface area contributed by atoms with Crippen LogP contribution in [0.1, 0.15) is 63.0 Å². The van der Waals surface area contributed by atoms with E-state index in [2.05, 4.69) is 73.7 Å². The fraction of sp³-hybridized carbons (Fsp3) is 0.351. The summed E-state index contributed by atoms with van der Waals surface area (Å²) >= 11 is 0. The first-order chi connectivity index (χ1) is 19.2. The molecule has 0 saturated heterocycles. The van der Waals surface area contributed by atoms with Crippen molar-refractivity contribution in [3.05, 3.63) is 94.6 Å². The van der Waals surface area contributed by atoms with E-state index in [9.17, 15) is 0 Å². The Hall–Kier alpha value is -3.52. The van der Waals surface area contributed by atoms with Gasteiger partial charge >= 0.3 is 0 Å². The summed E-state index contributed by atoms with van der Waals surface area (Å²) < 4.78 is 12.3. The quantitative estimate of drug-likeness (QED) is 0.270. The minimum absolute atomic E-state index is 0.367. The van der Waals surface area contributed by atoms with E-state index in [0.717, 1.165) is 30.8 Å². The van der Waals surface area contributed by atoms with Crippen LogP contribution in [0.15, 0.2) is 83.5 Å². The van der Waals surface area contributed by atoms with E-state index >= 15 is 0 Å². The number of hydrogen-bond acceptors (Lipinski definition) is 2. The lowest BCUT2D eigenvalue weighted by Gasteiger charge is -2.38. The topological polar surface area (TPSA) is 18.5 Å². The Morgan fingerprint density at radius 3 is 1.82 bits per heavy atom. The summed E-state index contributed by atoms with van der Waals surface area (Å²) in [7, 11) is 3.66. The van der Waals surface area contributed by atoms with Crippen LogP contribution in [0, 0.1) is 5.41 Å². The molecule has 0 aromatic heterocycles. The number of methoxy groups -OCH3 is 2. The third kappa shape index (κ3) is 3.83. The first-order valence-electron chi connectivity index (χ1n) is 14.8. The number of ether oxygens (including phenoxy) is 2. The normalized spacial score (nSPS) is 18.2. The molecule has 0 aliphatic heterocycles. The smallest absolute Gasteiger partial charge is 0.123 e. The monoisotopic (exact) mass is 514 g/mol. The SMILES string of the molecule is CCC1(C2=CC3=C(C2)Cc2c(OC)cc4ccccc4c2-c2c(c(OC)cc4ccccc24)C3)CCCCC1. The first-order valence-corrected chi connectivity index (χ1v) is 14.8. The van der Waals surface area contributed by atoms with Gasteiger partial charge in [-0.3, -0.25) is 0 Å². The van der Waals surface area contributed by atoms with Crippen molar-refractivity contribution in [2.75, 3.05) is 14.2 Å². The summed E-state index contributed by atoms with van der Waals surface area (Å²) in [4.78, 5) is 0. The molecule has 0 unspecified atom stereocenters. The zero-order valence-electron chi connectivity index (χ0n) is 23.5. The number of benzene rings is 4. The lowest BCUT2D eigenvalue weighted by Crippen LogP contribution is -2.25. The van der Waals surface area contributed by atoms with Gasteiger partial charge < -0.3 is 9.47 Å². The molecular formula is C37H38O2. The molecule has 39 heavy (non-hydrogen) atoms. The van der Waals surface area contributed by atoms with Gasteiger partial charge in [0.1, 0.15) is 11.5 Å². The molecular weight excluding hydrogens is 476 g/mol. The molecule has 4 aromatic rings. The second kappa shape index (κ2) is 9.59. The maximum Gasteiger partial charge on any atom is 0.123 e. The predicted molar refractivity (Wildman–Crippen MR) is 163 cm³/mol. The van der Waals surface area contributed by atoms with Gasteiger partial charge in [0, 0.05) is 17.5 Å². The molecule has 0 N–H and O–H groups in total. The highest BCUT2D eigenvalue weighted by Crippen LogP contribution is 2.54. The van der Waals surface area contributed by atoms with E-state index in [-0.39, 0.29) is 0 Å². The largest absolute Gasteiger partial charge is 0.496 e. The van der Waals surface area contributed by atoms with Gasteiger partial charge in [0.2, 0.25) is 0 Å². The third-order valence-electron chi connectivity index (χ3n) is 10.1. The summed E-state index contributed by atoms with van der Waals surface area (Å²) in [5.41, 5.74) is 10.4. The number of allylic oxidation sites excluding steroid dienone is 4. The standard InChI is InChI=1S/C37H38O2/c1-4-37(16-10-5-11-17-37)28-18-26-20-31-33(38-2)22-24-12-6-8-14-29(24)35(31)36-30-15-9-7-13-25(30)23-34(39-3)32(36)21-27(26)19-28/h6-9,12-15,18,22-23H,4-5,10-11,16-17,19-21H2,1-3H3. The van der Waals surface area contributed by atoms with Crippen LogP contribution in [0.4, 0.5) is 0 Å². The van der Waals surface area contributed by atoms with Crippen LogP contribution in [0.5, 0.6) is 11.5 Å². The van der Waals surface area contributed by atoms with Gasteiger partial charge in [-0.25, -0.2) is 0 Å². The van der Waals surface area contributed by atoms with E-state index < -0.39 is 0 Å². The Labute approximate surface area is 232 Å². The Bertz CT molecular complexity index is 1660. The lowest BCUT2D eigenvalue weighted by molar-refractivity contribution is 0.227. The fourth-order valence-corrected chi connectivity index (χ4v) is 7.95. The van der Waals surface area contributed by atoms with Crippen molar-refractivity contribution in [2.24, 2.45) is 5.41 Å². The van der Waals surface area contributed by atoms with Crippen LogP contribution in [-0.2, 0) is 12.8 Å². The van der Waals surface area contributed by atoms with Crippen LogP contribution < -0.4 is 9.47 Å². The van der Waals surface area contributed by atoms with Crippen molar-refractivity contribution >= 4 is 21.5 Å². The maximum absolute atomic E-state index is 6.16. The van der Waals surface area contributed by atoms with Gasteiger partial charge in [-0.05, 0) is 87.9 Å². The molecule has 0 spiro atoms. The van der Waals surface area contributed by atoms with Gasteiger partial charge in [-0.2, -0.15) is 0 Å². The van der Waals surface area contributed by atoms with E-state index in [0.29, 0.717) is 5.41 Å². The van der Waals surface area contributed by atoms with Crippen molar-refractivity contribution in [2.45, 2.75) is 64.7 Å². The zero-order valence-corrected chi connectivity index (χ0v) is 23.5. The molecule has 3 aliphatic rings. The maximum atomic E-state index is 6.16. The molecule has 0 heterocycles. The van der Waals surface area contributed by atoms with Crippen molar-refractivity contribution in [1.82, 2.24) is 0 Å². The van der Waals surface area contributed by atoms with Gasteiger partial charge in [0.25, 0.3) is 0 Å². The molecule has 0 amide bonds. The van der Waals surface area contributed by atoms with Crippen LogP contribution >= 0.6 is 0 Å². The van der Waals surface area contributed by atoms with Crippen molar-refractivity contribution in [3.63, 3.8) is 0 Å². The Morgan fingerprint density at radius 2 is 1.26 bits per heavy atom. The van der Waals surface area contributed by atoms with Gasteiger partial charge in [-0.1, -0.05) is 91.9 Å². The van der Waals surface area contributed by atoms with E-state index in [4.69, 9.17) is 9.47 Å². The molecule has 1 fully saturated rings. The zero-order chi connectivity index (χ0) is 26.6. The Balaban J connectivity index is 1.53. The first kappa shape index (κ1) is 24.5. The molecule has 2 heteroatoms. The van der Waals surface area contributed by atoms with Crippen LogP contribution in [0.3, 0.4) is 0 Å². The molecule has 198 valence electrons. The molecule has 0 radical (unpaired) electrons. The minimum Gasteiger partial charge on any atom is -0.496 e. The van der Waals surface area contributed by atoms with Gasteiger partial charge in [0.15, 0.2) is 0 Å².